The molecule has 3 aromatic rings. The second kappa shape index (κ2) is 11.1. The quantitative estimate of drug-likeness (QED) is 0.480. The Morgan fingerprint density at radius 2 is 1.80 bits per heavy atom. The van der Waals surface area contributed by atoms with Crippen molar-refractivity contribution >= 4 is 11.6 Å². The van der Waals surface area contributed by atoms with Crippen LogP contribution in [0.3, 0.4) is 0 Å². The first-order chi connectivity index (χ1) is 14.6. The number of pyridine rings is 1. The Labute approximate surface area is 178 Å². The molecule has 0 saturated heterocycles. The predicted octanol–water partition coefficient (Wildman–Crippen LogP) is 4.74. The number of carbonyl (C=O) groups is 1. The monoisotopic (exact) mass is 403 g/mol. The summed E-state index contributed by atoms with van der Waals surface area (Å²) in [6.45, 7) is 1.94. The zero-order valence-corrected chi connectivity index (χ0v) is 17.4. The van der Waals surface area contributed by atoms with Crippen molar-refractivity contribution in [1.82, 2.24) is 9.88 Å². The Morgan fingerprint density at radius 3 is 2.53 bits per heavy atom. The third-order valence-electron chi connectivity index (χ3n) is 5.02. The Balaban J connectivity index is 1.34. The van der Waals surface area contributed by atoms with Crippen LogP contribution in [0.25, 0.3) is 11.1 Å². The van der Waals surface area contributed by atoms with Crippen LogP contribution in [-0.2, 0) is 11.2 Å². The van der Waals surface area contributed by atoms with E-state index in [0.29, 0.717) is 6.42 Å². The highest BCUT2D eigenvalue weighted by molar-refractivity contribution is 5.91. The molecular weight excluding hydrogens is 374 g/mol. The van der Waals surface area contributed by atoms with Crippen LogP contribution in [0.15, 0.2) is 72.9 Å². The number of nitrogens with one attached hydrogen (secondary N) is 1. The van der Waals surface area contributed by atoms with Gasteiger partial charge in [-0.15, -0.1) is 0 Å². The zero-order chi connectivity index (χ0) is 21.2. The van der Waals surface area contributed by atoms with E-state index in [9.17, 15) is 9.90 Å². The van der Waals surface area contributed by atoms with Gasteiger partial charge in [-0.1, -0.05) is 30.3 Å². The summed E-state index contributed by atoms with van der Waals surface area (Å²) in [5.74, 6) is 0.281. The molecule has 1 aromatic heterocycles. The molecule has 2 N–H and O–H groups in total. The van der Waals surface area contributed by atoms with Gasteiger partial charge in [0.05, 0.1) is 0 Å². The third-order valence-corrected chi connectivity index (χ3v) is 5.02. The summed E-state index contributed by atoms with van der Waals surface area (Å²) in [4.78, 5) is 18.8. The maximum atomic E-state index is 12.2. The van der Waals surface area contributed by atoms with Crippen LogP contribution in [0, 0.1) is 0 Å². The number of phenols is 1. The van der Waals surface area contributed by atoms with E-state index in [1.165, 1.54) is 0 Å². The van der Waals surface area contributed by atoms with Gasteiger partial charge in [-0.3, -0.25) is 9.78 Å². The van der Waals surface area contributed by atoms with Crippen molar-refractivity contribution in [3.8, 4) is 16.9 Å². The largest absolute Gasteiger partial charge is 0.508 e. The second-order valence-corrected chi connectivity index (χ2v) is 7.51. The average molecular weight is 404 g/mol. The van der Waals surface area contributed by atoms with E-state index < -0.39 is 0 Å². The Morgan fingerprint density at radius 1 is 0.967 bits per heavy atom. The van der Waals surface area contributed by atoms with Crippen molar-refractivity contribution in [2.24, 2.45) is 0 Å². The normalized spacial score (nSPS) is 10.9. The summed E-state index contributed by atoms with van der Waals surface area (Å²) in [6.07, 6.45) is 5.14. The molecule has 5 heteroatoms. The van der Waals surface area contributed by atoms with Crippen molar-refractivity contribution in [2.75, 3.05) is 25.5 Å². The lowest BCUT2D eigenvalue weighted by Gasteiger charge is -2.16. The predicted molar refractivity (Wildman–Crippen MR) is 121 cm³/mol. The smallest absolute Gasteiger partial charge is 0.224 e. The van der Waals surface area contributed by atoms with Gasteiger partial charge in [0.1, 0.15) is 5.75 Å². The van der Waals surface area contributed by atoms with Crippen molar-refractivity contribution in [3.05, 3.63) is 78.6 Å². The molecule has 0 bridgehead atoms. The van der Waals surface area contributed by atoms with E-state index in [4.69, 9.17) is 0 Å². The lowest BCUT2D eigenvalue weighted by Crippen LogP contribution is -2.23. The fourth-order valence-corrected chi connectivity index (χ4v) is 3.29. The van der Waals surface area contributed by atoms with Gasteiger partial charge in [-0.05, 0) is 74.0 Å². The number of aromatic nitrogens is 1. The van der Waals surface area contributed by atoms with Crippen molar-refractivity contribution < 1.29 is 9.90 Å². The number of hydrogen-bond donors (Lipinski definition) is 2. The first-order valence-corrected chi connectivity index (χ1v) is 10.4. The summed E-state index contributed by atoms with van der Waals surface area (Å²) >= 11 is 0. The third kappa shape index (κ3) is 7.01. The maximum absolute atomic E-state index is 12.2. The molecule has 156 valence electrons. The summed E-state index contributed by atoms with van der Waals surface area (Å²) < 4.78 is 0. The molecule has 0 unspecified atom stereocenters. The summed E-state index contributed by atoms with van der Waals surface area (Å²) in [5, 5.41) is 12.6. The highest BCUT2D eigenvalue weighted by Gasteiger charge is 2.05. The summed E-state index contributed by atoms with van der Waals surface area (Å²) in [5.41, 5.74) is 3.84. The van der Waals surface area contributed by atoms with Crippen LogP contribution >= 0.6 is 0 Å². The van der Waals surface area contributed by atoms with Gasteiger partial charge in [0.25, 0.3) is 0 Å². The van der Waals surface area contributed by atoms with Gasteiger partial charge in [0.2, 0.25) is 5.91 Å². The molecule has 0 aliphatic rings. The van der Waals surface area contributed by atoms with Gasteiger partial charge in [0.15, 0.2) is 0 Å². The highest BCUT2D eigenvalue weighted by atomic mass is 16.3. The van der Waals surface area contributed by atoms with Gasteiger partial charge < -0.3 is 15.3 Å². The van der Waals surface area contributed by atoms with Crippen LogP contribution in [0.1, 0.15) is 25.0 Å². The molecule has 0 spiro atoms. The maximum Gasteiger partial charge on any atom is 0.224 e. The van der Waals surface area contributed by atoms with E-state index in [1.54, 1.807) is 12.1 Å². The number of aromatic hydroxyl groups is 1. The molecule has 1 amide bonds. The number of carbonyl (C=O) groups excluding carboxylic acids is 1. The van der Waals surface area contributed by atoms with Gasteiger partial charge in [-0.2, -0.15) is 0 Å². The van der Waals surface area contributed by atoms with Crippen LogP contribution in [0.2, 0.25) is 0 Å². The van der Waals surface area contributed by atoms with Crippen LogP contribution in [-0.4, -0.2) is 41.0 Å². The number of hydrogen-bond acceptors (Lipinski definition) is 4. The molecule has 0 saturated carbocycles. The second-order valence-electron chi connectivity index (χ2n) is 7.51. The van der Waals surface area contributed by atoms with Gasteiger partial charge >= 0.3 is 0 Å². The number of nitrogens with zero attached hydrogens (tertiary/aromatic N) is 2. The Bertz CT molecular complexity index is 927. The molecule has 0 atom stereocenters. The lowest BCUT2D eigenvalue weighted by atomic mass is 10.1. The number of anilines is 1. The number of rotatable bonds is 10. The molecule has 0 fully saturated rings. The van der Waals surface area contributed by atoms with Crippen LogP contribution in [0.5, 0.6) is 5.75 Å². The zero-order valence-electron chi connectivity index (χ0n) is 17.4. The molecule has 1 heterocycles. The van der Waals surface area contributed by atoms with Crippen molar-refractivity contribution in [1.29, 1.82) is 0 Å². The SMILES string of the molecule is CN(CCCCC(=O)Nc1ccc(-c2cccc(O)c2)cc1)CCc1ccccn1. The molecular formula is C25H29N3O2. The lowest BCUT2D eigenvalue weighted by molar-refractivity contribution is -0.116. The fraction of sp³-hybridized carbons (Fsp3) is 0.280. The molecule has 3 rings (SSSR count). The average Bonchev–Trinajstić information content (AvgIpc) is 2.76. The highest BCUT2D eigenvalue weighted by Crippen LogP contribution is 2.24. The minimum Gasteiger partial charge on any atom is -0.508 e. The van der Waals surface area contributed by atoms with E-state index in [-0.39, 0.29) is 11.7 Å². The summed E-state index contributed by atoms with van der Waals surface area (Å²) in [6, 6.07) is 20.8. The van der Waals surface area contributed by atoms with Gasteiger partial charge in [-0.25, -0.2) is 0 Å². The van der Waals surface area contributed by atoms with E-state index in [0.717, 1.165) is 54.9 Å². The first-order valence-electron chi connectivity index (χ1n) is 10.4. The standard InChI is InChI=1S/C25H29N3O2/c1-28(18-15-22-8-2-4-16-26-22)17-5-3-10-25(30)27-23-13-11-20(12-14-23)21-7-6-9-24(29)19-21/h2,4,6-9,11-14,16,19,29H,3,5,10,15,17-18H2,1H3,(H,27,30). The number of likely N-dealkylation sites (N-methyl/N-ethyl adjacent to an activating group) is 1. The van der Waals surface area contributed by atoms with Crippen molar-refractivity contribution in [3.63, 3.8) is 0 Å². The minimum absolute atomic E-state index is 0.0382. The molecule has 5 nitrogen and oxygen atoms in total. The van der Waals surface area contributed by atoms with E-state index in [1.807, 2.05) is 54.7 Å². The molecule has 0 aliphatic heterocycles. The molecule has 0 aliphatic carbocycles. The van der Waals surface area contributed by atoms with E-state index >= 15 is 0 Å². The van der Waals surface area contributed by atoms with Crippen LogP contribution in [0.4, 0.5) is 5.69 Å². The molecule has 30 heavy (non-hydrogen) atoms. The van der Waals surface area contributed by atoms with E-state index in [2.05, 4.69) is 28.3 Å². The number of amides is 1. The topological polar surface area (TPSA) is 65.5 Å². The molecule has 2 aromatic carbocycles. The summed E-state index contributed by atoms with van der Waals surface area (Å²) in [7, 11) is 2.11. The van der Waals surface area contributed by atoms with Crippen molar-refractivity contribution in [2.45, 2.75) is 25.7 Å². The number of unbranched alkanes of at least 4 members (excludes halogenated alkanes) is 1. The van der Waals surface area contributed by atoms with Crippen LogP contribution < -0.4 is 5.32 Å². The molecule has 0 radical (unpaired) electrons. The number of benzene rings is 2. The minimum atomic E-state index is 0.0382. The Hall–Kier alpha value is -3.18. The van der Waals surface area contributed by atoms with Gasteiger partial charge in [0, 0.05) is 37.0 Å². The Kier molecular flexibility index (Phi) is 7.98. The first kappa shape index (κ1) is 21.5. The number of phenolic OH excluding ortho intramolecular Hbond substituents is 1. The fourth-order valence-electron chi connectivity index (χ4n) is 3.29.